The molecular weight excluding hydrogens is 340 g/mol. The van der Waals surface area contributed by atoms with Gasteiger partial charge < -0.3 is 20.4 Å². The van der Waals surface area contributed by atoms with Crippen molar-refractivity contribution in [1.82, 2.24) is 4.90 Å². The van der Waals surface area contributed by atoms with Crippen molar-refractivity contribution in [2.75, 3.05) is 41.7 Å². The Morgan fingerprint density at radius 3 is 2.33 bits per heavy atom. The number of piperazine rings is 1. The molecule has 1 aliphatic rings. The molecule has 27 heavy (non-hydrogen) atoms. The maximum atomic E-state index is 12.7. The van der Waals surface area contributed by atoms with Crippen molar-refractivity contribution in [1.29, 1.82) is 0 Å². The second kappa shape index (κ2) is 8.12. The van der Waals surface area contributed by atoms with E-state index in [1.807, 2.05) is 24.0 Å². The Balaban J connectivity index is 1.60. The third-order valence-corrected chi connectivity index (χ3v) is 4.73. The number of hydrogen-bond donors (Lipinski definition) is 2. The molecular formula is C21H26N4O2. The first-order valence-corrected chi connectivity index (χ1v) is 9.18. The van der Waals surface area contributed by atoms with E-state index >= 15 is 0 Å². The Morgan fingerprint density at radius 1 is 0.926 bits per heavy atom. The SMILES string of the molecule is CC(=O)Nc1ccc(C)c(NC(=O)N2CCN(c3cccc(C)c3)CC2)c1. The lowest BCUT2D eigenvalue weighted by Crippen LogP contribution is -2.50. The van der Waals surface area contributed by atoms with E-state index in [1.165, 1.54) is 18.2 Å². The molecule has 0 aromatic heterocycles. The highest BCUT2D eigenvalue weighted by Gasteiger charge is 2.21. The molecule has 2 N–H and O–H groups in total. The second-order valence-corrected chi connectivity index (χ2v) is 6.95. The first kappa shape index (κ1) is 18.8. The van der Waals surface area contributed by atoms with Crippen LogP contribution in [0, 0.1) is 13.8 Å². The van der Waals surface area contributed by atoms with Gasteiger partial charge in [-0.05, 0) is 49.2 Å². The molecule has 0 bridgehead atoms. The Labute approximate surface area is 160 Å². The van der Waals surface area contributed by atoms with E-state index in [4.69, 9.17) is 0 Å². The summed E-state index contributed by atoms with van der Waals surface area (Å²) in [6.07, 6.45) is 0. The van der Waals surface area contributed by atoms with Gasteiger partial charge in [0, 0.05) is 50.2 Å². The van der Waals surface area contributed by atoms with Gasteiger partial charge in [0.1, 0.15) is 0 Å². The highest BCUT2D eigenvalue weighted by molar-refractivity contribution is 5.93. The summed E-state index contributed by atoms with van der Waals surface area (Å²) in [5.74, 6) is -0.136. The highest BCUT2D eigenvalue weighted by Crippen LogP contribution is 2.22. The molecule has 0 aliphatic carbocycles. The van der Waals surface area contributed by atoms with Gasteiger partial charge in [0.2, 0.25) is 5.91 Å². The van der Waals surface area contributed by atoms with Crippen LogP contribution in [0.4, 0.5) is 21.9 Å². The minimum absolute atomic E-state index is 0.109. The van der Waals surface area contributed by atoms with E-state index in [-0.39, 0.29) is 11.9 Å². The van der Waals surface area contributed by atoms with Gasteiger partial charge in [-0.2, -0.15) is 0 Å². The van der Waals surface area contributed by atoms with Crippen LogP contribution in [-0.2, 0) is 4.79 Å². The summed E-state index contributed by atoms with van der Waals surface area (Å²) in [6, 6.07) is 13.8. The molecule has 6 nitrogen and oxygen atoms in total. The number of anilines is 3. The Morgan fingerprint density at radius 2 is 1.67 bits per heavy atom. The van der Waals surface area contributed by atoms with Crippen molar-refractivity contribution in [2.45, 2.75) is 20.8 Å². The number of rotatable bonds is 3. The quantitative estimate of drug-likeness (QED) is 0.872. The van der Waals surface area contributed by atoms with E-state index in [0.29, 0.717) is 24.5 Å². The fourth-order valence-electron chi connectivity index (χ4n) is 3.22. The third-order valence-electron chi connectivity index (χ3n) is 4.73. The lowest BCUT2D eigenvalue weighted by Gasteiger charge is -2.36. The topological polar surface area (TPSA) is 64.7 Å². The van der Waals surface area contributed by atoms with Crippen LogP contribution in [0.5, 0.6) is 0 Å². The number of aryl methyl sites for hydroxylation is 2. The van der Waals surface area contributed by atoms with E-state index in [2.05, 4.69) is 46.7 Å². The summed E-state index contributed by atoms with van der Waals surface area (Å²) in [5.41, 5.74) is 4.78. The molecule has 0 radical (unpaired) electrons. The summed E-state index contributed by atoms with van der Waals surface area (Å²) in [7, 11) is 0. The van der Waals surface area contributed by atoms with Crippen molar-refractivity contribution in [2.24, 2.45) is 0 Å². The Bertz CT molecular complexity index is 842. The van der Waals surface area contributed by atoms with Gasteiger partial charge in [-0.3, -0.25) is 4.79 Å². The fourth-order valence-corrected chi connectivity index (χ4v) is 3.22. The zero-order valence-electron chi connectivity index (χ0n) is 16.1. The van der Waals surface area contributed by atoms with Gasteiger partial charge in [0.05, 0.1) is 0 Å². The number of benzene rings is 2. The van der Waals surface area contributed by atoms with Crippen molar-refractivity contribution in [3.05, 3.63) is 53.6 Å². The van der Waals surface area contributed by atoms with E-state index in [1.54, 1.807) is 6.07 Å². The summed E-state index contributed by atoms with van der Waals surface area (Å²) >= 11 is 0. The molecule has 1 fully saturated rings. The molecule has 3 rings (SSSR count). The second-order valence-electron chi connectivity index (χ2n) is 6.95. The first-order valence-electron chi connectivity index (χ1n) is 9.18. The lowest BCUT2D eigenvalue weighted by atomic mass is 10.1. The monoisotopic (exact) mass is 366 g/mol. The molecule has 0 spiro atoms. The molecule has 1 saturated heterocycles. The summed E-state index contributed by atoms with van der Waals surface area (Å²) in [5, 5.41) is 5.72. The zero-order chi connectivity index (χ0) is 19.4. The predicted molar refractivity (Wildman–Crippen MR) is 109 cm³/mol. The first-order chi connectivity index (χ1) is 12.9. The number of amides is 3. The number of nitrogens with one attached hydrogen (secondary N) is 2. The van der Waals surface area contributed by atoms with Gasteiger partial charge in [-0.1, -0.05) is 18.2 Å². The average Bonchev–Trinajstić information content (AvgIpc) is 2.64. The maximum absolute atomic E-state index is 12.7. The molecule has 0 saturated carbocycles. The normalized spacial score (nSPS) is 14.0. The summed E-state index contributed by atoms with van der Waals surface area (Å²) < 4.78 is 0. The van der Waals surface area contributed by atoms with Crippen molar-refractivity contribution in [3.63, 3.8) is 0 Å². The molecule has 1 aliphatic heterocycles. The van der Waals surface area contributed by atoms with Crippen LogP contribution in [0.25, 0.3) is 0 Å². The van der Waals surface area contributed by atoms with Gasteiger partial charge in [-0.25, -0.2) is 4.79 Å². The number of carbonyl (C=O) groups is 2. The van der Waals surface area contributed by atoms with E-state index in [9.17, 15) is 9.59 Å². The van der Waals surface area contributed by atoms with Crippen LogP contribution in [0.1, 0.15) is 18.1 Å². The number of carbonyl (C=O) groups excluding carboxylic acids is 2. The minimum atomic E-state index is -0.136. The zero-order valence-corrected chi connectivity index (χ0v) is 16.1. The Hall–Kier alpha value is -3.02. The maximum Gasteiger partial charge on any atom is 0.321 e. The predicted octanol–water partition coefficient (Wildman–Crippen LogP) is 3.62. The van der Waals surface area contributed by atoms with Crippen molar-refractivity contribution in [3.8, 4) is 0 Å². The van der Waals surface area contributed by atoms with Crippen LogP contribution in [-0.4, -0.2) is 43.0 Å². The molecule has 6 heteroatoms. The highest BCUT2D eigenvalue weighted by atomic mass is 16.2. The van der Waals surface area contributed by atoms with Crippen LogP contribution in [0.15, 0.2) is 42.5 Å². The minimum Gasteiger partial charge on any atom is -0.368 e. The van der Waals surface area contributed by atoms with Gasteiger partial charge in [0.15, 0.2) is 0 Å². The smallest absolute Gasteiger partial charge is 0.321 e. The van der Waals surface area contributed by atoms with E-state index in [0.717, 1.165) is 18.7 Å². The van der Waals surface area contributed by atoms with Crippen molar-refractivity contribution < 1.29 is 9.59 Å². The van der Waals surface area contributed by atoms with Crippen LogP contribution in [0.3, 0.4) is 0 Å². The van der Waals surface area contributed by atoms with Gasteiger partial charge in [0.25, 0.3) is 0 Å². The molecule has 2 aromatic carbocycles. The number of urea groups is 1. The van der Waals surface area contributed by atoms with Gasteiger partial charge >= 0.3 is 6.03 Å². The average molecular weight is 366 g/mol. The molecule has 1 heterocycles. The Kier molecular flexibility index (Phi) is 5.64. The lowest BCUT2D eigenvalue weighted by molar-refractivity contribution is -0.114. The number of nitrogens with zero attached hydrogens (tertiary/aromatic N) is 2. The van der Waals surface area contributed by atoms with Crippen molar-refractivity contribution >= 4 is 29.0 Å². The largest absolute Gasteiger partial charge is 0.368 e. The van der Waals surface area contributed by atoms with E-state index < -0.39 is 0 Å². The number of hydrogen-bond acceptors (Lipinski definition) is 3. The standard InChI is InChI=1S/C21H26N4O2/c1-15-5-4-6-19(13-15)24-9-11-25(12-10-24)21(27)23-20-14-18(22-17(3)26)8-7-16(20)2/h4-8,13-14H,9-12H2,1-3H3,(H,22,26)(H,23,27). The summed E-state index contributed by atoms with van der Waals surface area (Å²) in [6.45, 7) is 8.44. The molecule has 0 atom stereocenters. The molecule has 142 valence electrons. The van der Waals surface area contributed by atoms with Crippen LogP contribution >= 0.6 is 0 Å². The van der Waals surface area contributed by atoms with Crippen LogP contribution in [0.2, 0.25) is 0 Å². The molecule has 0 unspecified atom stereocenters. The summed E-state index contributed by atoms with van der Waals surface area (Å²) in [4.78, 5) is 28.0. The van der Waals surface area contributed by atoms with Gasteiger partial charge in [-0.15, -0.1) is 0 Å². The third kappa shape index (κ3) is 4.78. The fraction of sp³-hybridized carbons (Fsp3) is 0.333. The van der Waals surface area contributed by atoms with Crippen LogP contribution < -0.4 is 15.5 Å². The molecule has 2 aromatic rings. The molecule has 3 amide bonds.